The van der Waals surface area contributed by atoms with Crippen molar-refractivity contribution in [2.45, 2.75) is 38.8 Å². The molecule has 1 aromatic carbocycles. The zero-order valence-corrected chi connectivity index (χ0v) is 11.5. The molecule has 3 nitrogen and oxygen atoms in total. The molecule has 0 spiro atoms. The highest BCUT2D eigenvalue weighted by Crippen LogP contribution is 2.27. The topological polar surface area (TPSA) is 30.5 Å². The average Bonchev–Trinajstić information content (AvgIpc) is 2.39. The summed E-state index contributed by atoms with van der Waals surface area (Å²) in [5.74, 6) is 0.965. The molecular formula is C15H23NO2. The van der Waals surface area contributed by atoms with E-state index in [1.165, 1.54) is 17.5 Å². The highest BCUT2D eigenvalue weighted by Gasteiger charge is 2.18. The van der Waals surface area contributed by atoms with Crippen molar-refractivity contribution in [2.24, 2.45) is 0 Å². The molecule has 0 bridgehead atoms. The maximum atomic E-state index is 5.50. The Bertz CT molecular complexity index is 386. The molecule has 1 aromatic rings. The van der Waals surface area contributed by atoms with Crippen molar-refractivity contribution in [1.29, 1.82) is 0 Å². The van der Waals surface area contributed by atoms with Crippen LogP contribution in [0.1, 0.15) is 36.9 Å². The average molecular weight is 249 g/mol. The molecule has 0 aliphatic carbocycles. The summed E-state index contributed by atoms with van der Waals surface area (Å²) in [6, 6.07) is 7.11. The molecule has 3 heteroatoms. The summed E-state index contributed by atoms with van der Waals surface area (Å²) in [5, 5.41) is 3.62. The Morgan fingerprint density at radius 3 is 2.94 bits per heavy atom. The maximum Gasteiger partial charge on any atom is 0.123 e. The molecule has 0 aromatic heterocycles. The highest BCUT2D eigenvalue weighted by molar-refractivity contribution is 5.39. The minimum Gasteiger partial charge on any atom is -0.496 e. The lowest BCUT2D eigenvalue weighted by molar-refractivity contribution is 0.0670. The van der Waals surface area contributed by atoms with Gasteiger partial charge in [0, 0.05) is 24.3 Å². The van der Waals surface area contributed by atoms with Gasteiger partial charge < -0.3 is 14.8 Å². The second-order valence-corrected chi connectivity index (χ2v) is 5.05. The molecule has 1 fully saturated rings. The van der Waals surface area contributed by atoms with Crippen molar-refractivity contribution < 1.29 is 9.47 Å². The Labute approximate surface area is 109 Å². The molecule has 0 saturated carbocycles. The first-order chi connectivity index (χ1) is 8.70. The minimum absolute atomic E-state index is 0.284. The maximum absolute atomic E-state index is 5.50. The molecule has 0 radical (unpaired) electrons. The van der Waals surface area contributed by atoms with Gasteiger partial charge in [-0.3, -0.25) is 0 Å². The van der Waals surface area contributed by atoms with Gasteiger partial charge in [-0.15, -0.1) is 0 Å². The SMILES string of the molecule is COc1cc(C)ccc1C(C)NC1CCCOC1. The van der Waals surface area contributed by atoms with Crippen molar-refractivity contribution in [3.05, 3.63) is 29.3 Å². The van der Waals surface area contributed by atoms with Crippen LogP contribution in [0.5, 0.6) is 5.75 Å². The van der Waals surface area contributed by atoms with Gasteiger partial charge in [-0.25, -0.2) is 0 Å². The molecule has 100 valence electrons. The van der Waals surface area contributed by atoms with E-state index in [1.807, 2.05) is 0 Å². The van der Waals surface area contributed by atoms with Crippen LogP contribution in [-0.2, 0) is 4.74 Å². The summed E-state index contributed by atoms with van der Waals surface area (Å²) in [5.41, 5.74) is 2.44. The number of hydrogen-bond acceptors (Lipinski definition) is 3. The van der Waals surface area contributed by atoms with E-state index in [9.17, 15) is 0 Å². The Morgan fingerprint density at radius 2 is 2.28 bits per heavy atom. The number of methoxy groups -OCH3 is 1. The van der Waals surface area contributed by atoms with E-state index in [-0.39, 0.29) is 6.04 Å². The smallest absolute Gasteiger partial charge is 0.123 e. The van der Waals surface area contributed by atoms with Gasteiger partial charge in [-0.2, -0.15) is 0 Å². The largest absolute Gasteiger partial charge is 0.496 e. The molecule has 2 atom stereocenters. The number of ether oxygens (including phenoxy) is 2. The summed E-state index contributed by atoms with van der Waals surface area (Å²) in [6.07, 6.45) is 2.34. The zero-order valence-electron chi connectivity index (χ0n) is 11.5. The third kappa shape index (κ3) is 3.24. The summed E-state index contributed by atoms with van der Waals surface area (Å²) >= 11 is 0. The van der Waals surface area contributed by atoms with E-state index in [1.54, 1.807) is 7.11 Å². The van der Waals surface area contributed by atoms with Crippen molar-refractivity contribution in [2.75, 3.05) is 20.3 Å². The Balaban J connectivity index is 2.05. The van der Waals surface area contributed by atoms with Crippen LogP contribution >= 0.6 is 0 Å². The molecule has 1 N–H and O–H groups in total. The molecule has 2 unspecified atom stereocenters. The van der Waals surface area contributed by atoms with Gasteiger partial charge in [0.1, 0.15) is 5.75 Å². The van der Waals surface area contributed by atoms with E-state index in [0.717, 1.165) is 25.4 Å². The number of benzene rings is 1. The molecule has 1 saturated heterocycles. The summed E-state index contributed by atoms with van der Waals surface area (Å²) in [6.45, 7) is 5.99. The van der Waals surface area contributed by atoms with Crippen LogP contribution in [0.25, 0.3) is 0 Å². The van der Waals surface area contributed by atoms with E-state index >= 15 is 0 Å². The van der Waals surface area contributed by atoms with E-state index < -0.39 is 0 Å². The van der Waals surface area contributed by atoms with Gasteiger partial charge in [-0.05, 0) is 38.3 Å². The van der Waals surface area contributed by atoms with E-state index in [4.69, 9.17) is 9.47 Å². The van der Waals surface area contributed by atoms with Crippen LogP contribution in [0, 0.1) is 6.92 Å². The molecule has 18 heavy (non-hydrogen) atoms. The van der Waals surface area contributed by atoms with Crippen molar-refractivity contribution in [3.63, 3.8) is 0 Å². The van der Waals surface area contributed by atoms with Crippen molar-refractivity contribution >= 4 is 0 Å². The second-order valence-electron chi connectivity index (χ2n) is 5.05. The predicted molar refractivity (Wildman–Crippen MR) is 73.1 cm³/mol. The second kappa shape index (κ2) is 6.21. The monoisotopic (exact) mass is 249 g/mol. The summed E-state index contributed by atoms with van der Waals surface area (Å²) in [7, 11) is 1.73. The minimum atomic E-state index is 0.284. The van der Waals surface area contributed by atoms with Gasteiger partial charge in [0.05, 0.1) is 13.7 Å². The van der Waals surface area contributed by atoms with E-state index in [0.29, 0.717) is 6.04 Å². The Hall–Kier alpha value is -1.06. The molecule has 0 amide bonds. The lowest BCUT2D eigenvalue weighted by atomic mass is 10.0. The third-order valence-electron chi connectivity index (χ3n) is 3.50. The predicted octanol–water partition coefficient (Wildman–Crippen LogP) is 2.83. The third-order valence-corrected chi connectivity index (χ3v) is 3.50. The van der Waals surface area contributed by atoms with Crippen LogP contribution in [0.15, 0.2) is 18.2 Å². The van der Waals surface area contributed by atoms with Gasteiger partial charge in [0.25, 0.3) is 0 Å². The Morgan fingerprint density at radius 1 is 1.44 bits per heavy atom. The standard InChI is InChI=1S/C15H23NO2/c1-11-6-7-14(15(9-11)17-3)12(2)16-13-5-4-8-18-10-13/h6-7,9,12-13,16H,4-5,8,10H2,1-3H3. The van der Waals surface area contributed by atoms with Crippen LogP contribution in [0.2, 0.25) is 0 Å². The van der Waals surface area contributed by atoms with Crippen LogP contribution in [-0.4, -0.2) is 26.4 Å². The molecule has 1 aliphatic rings. The fourth-order valence-electron chi connectivity index (χ4n) is 2.49. The molecule has 1 aliphatic heterocycles. The van der Waals surface area contributed by atoms with Crippen molar-refractivity contribution in [3.8, 4) is 5.75 Å². The first-order valence-electron chi connectivity index (χ1n) is 6.69. The number of rotatable bonds is 4. The highest BCUT2D eigenvalue weighted by atomic mass is 16.5. The first kappa shape index (κ1) is 13.4. The van der Waals surface area contributed by atoms with Crippen LogP contribution in [0.4, 0.5) is 0 Å². The lowest BCUT2D eigenvalue weighted by Gasteiger charge is -2.27. The normalized spacial score (nSPS) is 21.6. The van der Waals surface area contributed by atoms with Crippen LogP contribution in [0.3, 0.4) is 0 Å². The molecule has 1 heterocycles. The summed E-state index contributed by atoms with van der Waals surface area (Å²) in [4.78, 5) is 0. The quantitative estimate of drug-likeness (QED) is 0.890. The molecular weight excluding hydrogens is 226 g/mol. The summed E-state index contributed by atoms with van der Waals surface area (Å²) < 4.78 is 11.0. The van der Waals surface area contributed by atoms with Crippen LogP contribution < -0.4 is 10.1 Å². The first-order valence-corrected chi connectivity index (χ1v) is 6.69. The van der Waals surface area contributed by atoms with Crippen molar-refractivity contribution in [1.82, 2.24) is 5.32 Å². The van der Waals surface area contributed by atoms with Gasteiger partial charge >= 0.3 is 0 Å². The number of aryl methyl sites for hydroxylation is 1. The zero-order chi connectivity index (χ0) is 13.0. The fourth-order valence-corrected chi connectivity index (χ4v) is 2.49. The number of hydrogen-bond donors (Lipinski definition) is 1. The Kier molecular flexibility index (Phi) is 4.61. The van der Waals surface area contributed by atoms with Gasteiger partial charge in [-0.1, -0.05) is 12.1 Å². The lowest BCUT2D eigenvalue weighted by Crippen LogP contribution is -2.38. The van der Waals surface area contributed by atoms with Gasteiger partial charge in [0.15, 0.2) is 0 Å². The fraction of sp³-hybridized carbons (Fsp3) is 0.600. The van der Waals surface area contributed by atoms with Gasteiger partial charge in [0.2, 0.25) is 0 Å². The van der Waals surface area contributed by atoms with E-state index in [2.05, 4.69) is 37.4 Å². The number of nitrogens with one attached hydrogen (secondary N) is 1. The molecule has 2 rings (SSSR count).